The Balaban J connectivity index is 2.51. The number of nitrogen functional groups attached to an aromatic ring is 1. The molecule has 0 spiro atoms. The van der Waals surface area contributed by atoms with Crippen molar-refractivity contribution in [2.75, 3.05) is 19.5 Å². The van der Waals surface area contributed by atoms with Crippen LogP contribution in [0.5, 0.6) is 0 Å². The van der Waals surface area contributed by atoms with Gasteiger partial charge in [0.2, 0.25) is 0 Å². The first-order chi connectivity index (χ1) is 18.2. The van der Waals surface area contributed by atoms with Gasteiger partial charge in [0.25, 0.3) is 5.56 Å². The van der Waals surface area contributed by atoms with Gasteiger partial charge in [-0.05, 0) is 32.0 Å². The highest BCUT2D eigenvalue weighted by molar-refractivity contribution is 6.31. The maximum absolute atomic E-state index is 15.4. The molecule has 39 heavy (non-hydrogen) atoms. The Kier molecular flexibility index (Phi) is 8.74. The van der Waals surface area contributed by atoms with E-state index in [1.807, 2.05) is 0 Å². The molecular weight excluding hydrogens is 553 g/mol. The number of rotatable bonds is 7. The van der Waals surface area contributed by atoms with Crippen molar-refractivity contribution in [1.29, 1.82) is 0 Å². The second kappa shape index (κ2) is 11.5. The number of carbonyl (C=O) groups is 2. The number of ether oxygens (including phenoxy) is 2. The Morgan fingerprint density at radius 1 is 1.13 bits per heavy atom. The number of nitrogens with two attached hydrogens (primary N) is 1. The fraction of sp³-hybridized carbons (Fsp3) is 0.320. The van der Waals surface area contributed by atoms with Crippen LogP contribution >= 0.6 is 11.6 Å². The van der Waals surface area contributed by atoms with Gasteiger partial charge in [-0.2, -0.15) is 13.2 Å². The molecular formula is C25H23ClF5N3O5. The van der Waals surface area contributed by atoms with Crippen LogP contribution in [0.1, 0.15) is 30.9 Å². The van der Waals surface area contributed by atoms with Crippen LogP contribution in [0.4, 0.5) is 27.8 Å². The van der Waals surface area contributed by atoms with Gasteiger partial charge in [-0.1, -0.05) is 17.7 Å². The Morgan fingerprint density at radius 3 is 2.31 bits per heavy atom. The van der Waals surface area contributed by atoms with Crippen molar-refractivity contribution >= 4 is 29.4 Å². The minimum absolute atomic E-state index is 0.112. The number of allylic oxidation sites excluding steroid dienone is 2. The van der Waals surface area contributed by atoms with Crippen LogP contribution < -0.4 is 16.6 Å². The molecule has 1 aliphatic rings. The fourth-order valence-electron chi connectivity index (χ4n) is 4.20. The van der Waals surface area contributed by atoms with Gasteiger partial charge >= 0.3 is 18.1 Å². The molecule has 1 aromatic heterocycles. The van der Waals surface area contributed by atoms with E-state index >= 15 is 4.39 Å². The van der Waals surface area contributed by atoms with E-state index in [1.54, 1.807) is 0 Å². The summed E-state index contributed by atoms with van der Waals surface area (Å²) in [6.45, 7) is 0.800. The molecule has 0 aliphatic carbocycles. The molecule has 210 valence electrons. The van der Waals surface area contributed by atoms with E-state index in [0.29, 0.717) is 12.1 Å². The van der Waals surface area contributed by atoms with Crippen molar-refractivity contribution in [2.24, 2.45) is 0 Å². The zero-order valence-electron chi connectivity index (χ0n) is 20.8. The zero-order valence-corrected chi connectivity index (χ0v) is 21.5. The molecule has 1 aliphatic heterocycles. The van der Waals surface area contributed by atoms with Crippen LogP contribution in [-0.2, 0) is 31.8 Å². The van der Waals surface area contributed by atoms with E-state index in [9.17, 15) is 31.9 Å². The highest BCUT2D eigenvalue weighted by Crippen LogP contribution is 2.48. The van der Waals surface area contributed by atoms with Crippen molar-refractivity contribution in [1.82, 2.24) is 9.88 Å². The third-order valence-electron chi connectivity index (χ3n) is 5.74. The number of benzene rings is 1. The standard InChI is InChI=1S/C25H23ClF5N3O5/c1-11(2)39-24(37)20-15(10-34-16(32)5-4-6-17(34)35)33-14(9-27)19(23(36)38-3)21(20)18-13(28)8-7-12(26)22(18)25(29,30)31/h4-8,11,21,33H,9-10,32H2,1-3H3. The summed E-state index contributed by atoms with van der Waals surface area (Å²) in [7, 11) is 0.872. The lowest BCUT2D eigenvalue weighted by Gasteiger charge is -2.33. The number of anilines is 1. The fourth-order valence-corrected chi connectivity index (χ4v) is 4.47. The van der Waals surface area contributed by atoms with Gasteiger partial charge in [0.1, 0.15) is 18.3 Å². The molecule has 1 aromatic carbocycles. The molecule has 0 saturated heterocycles. The zero-order chi connectivity index (χ0) is 29.2. The Morgan fingerprint density at radius 2 is 1.77 bits per heavy atom. The van der Waals surface area contributed by atoms with Crippen LogP contribution in [-0.4, -0.2) is 36.4 Å². The van der Waals surface area contributed by atoms with Crippen molar-refractivity contribution in [3.8, 4) is 0 Å². The van der Waals surface area contributed by atoms with Crippen molar-refractivity contribution in [3.05, 3.63) is 85.2 Å². The minimum Gasteiger partial charge on any atom is -0.466 e. The molecule has 0 radical (unpaired) electrons. The topological polar surface area (TPSA) is 113 Å². The third-order valence-corrected chi connectivity index (χ3v) is 6.06. The molecule has 1 atom stereocenters. The lowest BCUT2D eigenvalue weighted by molar-refractivity contribution is -0.144. The van der Waals surface area contributed by atoms with Gasteiger partial charge in [-0.3, -0.25) is 9.36 Å². The summed E-state index contributed by atoms with van der Waals surface area (Å²) in [6.07, 6.45) is -6.10. The molecule has 1 unspecified atom stereocenters. The lowest BCUT2D eigenvalue weighted by atomic mass is 9.77. The van der Waals surface area contributed by atoms with E-state index in [4.69, 9.17) is 22.1 Å². The molecule has 0 amide bonds. The Bertz CT molecular complexity index is 1430. The van der Waals surface area contributed by atoms with E-state index in [1.165, 1.54) is 26.0 Å². The normalized spacial score (nSPS) is 15.9. The molecule has 3 rings (SSSR count). The van der Waals surface area contributed by atoms with Crippen LogP contribution in [0.25, 0.3) is 0 Å². The van der Waals surface area contributed by atoms with Crippen LogP contribution in [0.2, 0.25) is 5.02 Å². The molecule has 8 nitrogen and oxygen atoms in total. The van der Waals surface area contributed by atoms with E-state index in [0.717, 1.165) is 17.7 Å². The monoisotopic (exact) mass is 575 g/mol. The highest BCUT2D eigenvalue weighted by atomic mass is 35.5. The van der Waals surface area contributed by atoms with Gasteiger partial charge < -0.3 is 20.5 Å². The van der Waals surface area contributed by atoms with Crippen LogP contribution in [0.3, 0.4) is 0 Å². The van der Waals surface area contributed by atoms with E-state index in [2.05, 4.69) is 10.1 Å². The average molecular weight is 576 g/mol. The molecule has 0 bridgehead atoms. The molecule has 2 aromatic rings. The van der Waals surface area contributed by atoms with Gasteiger partial charge in [0, 0.05) is 17.3 Å². The highest BCUT2D eigenvalue weighted by Gasteiger charge is 2.47. The number of nitrogens with zero attached hydrogens (tertiary/aromatic N) is 1. The first kappa shape index (κ1) is 29.7. The molecule has 0 saturated carbocycles. The predicted octanol–water partition coefficient (Wildman–Crippen LogP) is 4.23. The van der Waals surface area contributed by atoms with E-state index < -0.39 is 87.7 Å². The van der Waals surface area contributed by atoms with E-state index in [-0.39, 0.29) is 11.5 Å². The first-order valence-electron chi connectivity index (χ1n) is 11.3. The molecule has 14 heteroatoms. The number of carbonyl (C=O) groups excluding carboxylic acids is 2. The summed E-state index contributed by atoms with van der Waals surface area (Å²) in [4.78, 5) is 38.8. The second-order valence-corrected chi connectivity index (χ2v) is 9.02. The van der Waals surface area contributed by atoms with Crippen LogP contribution in [0.15, 0.2) is 57.7 Å². The first-order valence-corrected chi connectivity index (χ1v) is 11.7. The van der Waals surface area contributed by atoms with Gasteiger partial charge in [-0.25, -0.2) is 18.4 Å². The molecule has 2 heterocycles. The number of alkyl halides is 4. The Hall–Kier alpha value is -3.87. The van der Waals surface area contributed by atoms with Crippen molar-refractivity contribution in [3.63, 3.8) is 0 Å². The van der Waals surface area contributed by atoms with Crippen molar-refractivity contribution < 1.29 is 41.0 Å². The number of methoxy groups -OCH3 is 1. The van der Waals surface area contributed by atoms with Crippen molar-refractivity contribution in [2.45, 2.75) is 38.6 Å². The number of hydrogen-bond donors (Lipinski definition) is 2. The largest absolute Gasteiger partial charge is 0.466 e. The number of aromatic nitrogens is 1. The van der Waals surface area contributed by atoms with Gasteiger partial charge in [0.15, 0.2) is 0 Å². The SMILES string of the molecule is COC(=O)C1=C(CF)NC(Cn2c(N)cccc2=O)=C(C(=O)OC(C)C)C1c1c(F)ccc(Cl)c1C(F)(F)F. The number of hydrogen-bond acceptors (Lipinski definition) is 7. The summed E-state index contributed by atoms with van der Waals surface area (Å²) < 4.78 is 83.3. The third kappa shape index (κ3) is 5.92. The summed E-state index contributed by atoms with van der Waals surface area (Å²) in [5.41, 5.74) is -0.228. The maximum atomic E-state index is 15.4. The average Bonchev–Trinajstić information content (AvgIpc) is 2.84. The number of pyridine rings is 1. The smallest absolute Gasteiger partial charge is 0.418 e. The second-order valence-electron chi connectivity index (χ2n) is 8.61. The quantitative estimate of drug-likeness (QED) is 0.375. The van der Waals surface area contributed by atoms with Gasteiger partial charge in [-0.15, -0.1) is 0 Å². The molecule has 0 fully saturated rings. The number of esters is 2. The predicted molar refractivity (Wildman–Crippen MR) is 131 cm³/mol. The van der Waals surface area contributed by atoms with Crippen LogP contribution in [0, 0.1) is 5.82 Å². The number of dihydropyridines is 1. The number of halogens is 6. The summed E-state index contributed by atoms with van der Waals surface area (Å²) in [5, 5.41) is 1.56. The summed E-state index contributed by atoms with van der Waals surface area (Å²) in [6, 6.07) is 5.06. The van der Waals surface area contributed by atoms with Gasteiger partial charge in [0.05, 0.1) is 53.1 Å². The number of nitrogens with one attached hydrogen (secondary N) is 1. The summed E-state index contributed by atoms with van der Waals surface area (Å²) >= 11 is 5.85. The summed E-state index contributed by atoms with van der Waals surface area (Å²) in [5.74, 6) is -6.44. The minimum atomic E-state index is -5.27. The maximum Gasteiger partial charge on any atom is 0.418 e. The Labute approximate surface area is 223 Å². The lowest BCUT2D eigenvalue weighted by Crippen LogP contribution is -2.38. The molecule has 3 N–H and O–H groups in total.